The van der Waals surface area contributed by atoms with Gasteiger partial charge in [0.2, 0.25) is 5.75 Å². The zero-order chi connectivity index (χ0) is 16.7. The Labute approximate surface area is 133 Å². The topological polar surface area (TPSA) is 76.2 Å². The van der Waals surface area contributed by atoms with Crippen molar-refractivity contribution < 1.29 is 9.66 Å². The van der Waals surface area contributed by atoms with Crippen LogP contribution in [-0.2, 0) is 0 Å². The van der Waals surface area contributed by atoms with E-state index in [1.165, 1.54) is 18.2 Å². The number of nitriles is 1. The third kappa shape index (κ3) is 4.47. The lowest BCUT2D eigenvalue weighted by molar-refractivity contribution is -0.385. The maximum Gasteiger partial charge on any atom is 0.312 e. The van der Waals surface area contributed by atoms with Crippen LogP contribution < -0.4 is 4.74 Å². The average molecular weight is 319 g/mol. The third-order valence-corrected chi connectivity index (χ3v) is 2.75. The first-order chi connectivity index (χ1) is 10.5. The smallest absolute Gasteiger partial charge is 0.312 e. The lowest BCUT2D eigenvalue weighted by Gasteiger charge is -2.07. The number of nitrogens with zero attached hydrogens (tertiary/aromatic N) is 2. The van der Waals surface area contributed by atoms with Crippen LogP contribution in [0.25, 0.3) is 0 Å². The van der Waals surface area contributed by atoms with Gasteiger partial charge >= 0.3 is 5.69 Å². The first-order valence-electron chi connectivity index (χ1n) is 6.63. The number of aryl methyl sites for hydroxylation is 1. The summed E-state index contributed by atoms with van der Waals surface area (Å²) in [6, 6.07) is 10.9. The van der Waals surface area contributed by atoms with E-state index >= 15 is 0 Å². The zero-order valence-electron chi connectivity index (χ0n) is 12.5. The van der Waals surface area contributed by atoms with Gasteiger partial charge in [0.05, 0.1) is 16.6 Å². The van der Waals surface area contributed by atoms with Crippen molar-refractivity contribution in [2.45, 2.75) is 20.8 Å². The molecule has 6 heteroatoms. The van der Waals surface area contributed by atoms with Gasteiger partial charge in [0, 0.05) is 11.1 Å². The Kier molecular flexibility index (Phi) is 6.36. The molecule has 22 heavy (non-hydrogen) atoms. The minimum atomic E-state index is -0.590. The SMILES string of the molecule is CC.Cc1cc(Cl)cc(Oc2ccc(C#N)cc2[N+](=O)[O-])c1. The summed E-state index contributed by atoms with van der Waals surface area (Å²) in [5.74, 6) is 0.471. The summed E-state index contributed by atoms with van der Waals surface area (Å²) in [4.78, 5) is 10.4. The summed E-state index contributed by atoms with van der Waals surface area (Å²) >= 11 is 5.91. The lowest BCUT2D eigenvalue weighted by Crippen LogP contribution is -1.94. The molecule has 114 valence electrons. The highest BCUT2D eigenvalue weighted by Gasteiger charge is 2.17. The Balaban J connectivity index is 0.00000116. The average Bonchev–Trinajstić information content (AvgIpc) is 2.48. The fraction of sp³-hybridized carbons (Fsp3) is 0.188. The van der Waals surface area contributed by atoms with Crippen molar-refractivity contribution in [1.29, 1.82) is 5.26 Å². The molecule has 0 atom stereocenters. The molecule has 0 aromatic heterocycles. The minimum absolute atomic E-state index is 0.0654. The van der Waals surface area contributed by atoms with Gasteiger partial charge in [0.25, 0.3) is 0 Å². The van der Waals surface area contributed by atoms with E-state index in [4.69, 9.17) is 21.6 Å². The highest BCUT2D eigenvalue weighted by molar-refractivity contribution is 6.30. The number of benzene rings is 2. The van der Waals surface area contributed by atoms with Crippen molar-refractivity contribution in [3.05, 3.63) is 62.7 Å². The Morgan fingerprint density at radius 1 is 1.23 bits per heavy atom. The monoisotopic (exact) mass is 318 g/mol. The number of rotatable bonds is 3. The van der Waals surface area contributed by atoms with Crippen LogP contribution in [0.1, 0.15) is 25.0 Å². The number of halogens is 1. The molecule has 0 bridgehead atoms. The molecule has 0 fully saturated rings. The molecule has 0 spiro atoms. The minimum Gasteiger partial charge on any atom is -0.450 e. The maximum atomic E-state index is 11.0. The number of nitro groups is 1. The molecule has 0 aliphatic rings. The van der Waals surface area contributed by atoms with Gasteiger partial charge in [-0.15, -0.1) is 0 Å². The molecule has 2 rings (SSSR count). The van der Waals surface area contributed by atoms with Crippen molar-refractivity contribution in [3.8, 4) is 17.6 Å². The van der Waals surface area contributed by atoms with Gasteiger partial charge in [-0.05, 0) is 42.8 Å². The van der Waals surface area contributed by atoms with Crippen LogP contribution in [0.2, 0.25) is 5.02 Å². The second-order valence-corrected chi connectivity index (χ2v) is 4.55. The first-order valence-corrected chi connectivity index (χ1v) is 7.01. The van der Waals surface area contributed by atoms with Gasteiger partial charge < -0.3 is 4.74 Å². The molecule has 0 radical (unpaired) electrons. The predicted molar refractivity (Wildman–Crippen MR) is 85.4 cm³/mol. The molecular formula is C16H15ClN2O3. The second-order valence-electron chi connectivity index (χ2n) is 4.12. The summed E-state index contributed by atoms with van der Waals surface area (Å²) in [6.45, 7) is 5.84. The van der Waals surface area contributed by atoms with Crippen LogP contribution in [0.15, 0.2) is 36.4 Å². The van der Waals surface area contributed by atoms with Gasteiger partial charge in [-0.1, -0.05) is 25.4 Å². The third-order valence-electron chi connectivity index (χ3n) is 2.53. The standard InChI is InChI=1S/C14H9ClN2O3.C2H6/c1-9-4-11(15)7-12(5-9)20-14-3-2-10(8-16)6-13(14)17(18)19;1-2/h2-7H,1H3;1-2H3. The van der Waals surface area contributed by atoms with E-state index in [9.17, 15) is 10.1 Å². The molecule has 2 aromatic carbocycles. The number of nitro benzene ring substituents is 1. The van der Waals surface area contributed by atoms with Gasteiger partial charge in [0.1, 0.15) is 5.75 Å². The second kappa shape index (κ2) is 8.01. The molecule has 0 saturated heterocycles. The predicted octanol–water partition coefficient (Wildman–Crippen LogP) is 5.25. The van der Waals surface area contributed by atoms with E-state index < -0.39 is 4.92 Å². The molecule has 5 nitrogen and oxygen atoms in total. The van der Waals surface area contributed by atoms with Gasteiger partial charge in [-0.2, -0.15) is 5.26 Å². The van der Waals surface area contributed by atoms with E-state index in [1.807, 2.05) is 26.8 Å². The molecule has 0 amide bonds. The lowest BCUT2D eigenvalue weighted by atomic mass is 10.2. The quantitative estimate of drug-likeness (QED) is 0.572. The van der Waals surface area contributed by atoms with Crippen LogP contribution in [0.3, 0.4) is 0 Å². The van der Waals surface area contributed by atoms with Crippen LogP contribution in [0.5, 0.6) is 11.5 Å². The van der Waals surface area contributed by atoms with E-state index in [0.29, 0.717) is 10.8 Å². The largest absolute Gasteiger partial charge is 0.450 e. The first kappa shape index (κ1) is 17.5. The van der Waals surface area contributed by atoms with Crippen LogP contribution in [0, 0.1) is 28.4 Å². The number of ether oxygens (including phenoxy) is 1. The van der Waals surface area contributed by atoms with E-state index in [0.717, 1.165) is 5.56 Å². The molecule has 0 heterocycles. The summed E-state index contributed by atoms with van der Waals surface area (Å²) in [7, 11) is 0. The van der Waals surface area contributed by atoms with E-state index in [2.05, 4.69) is 0 Å². The molecule has 0 aliphatic heterocycles. The molecule has 0 saturated carbocycles. The summed E-state index contributed by atoms with van der Waals surface area (Å²) in [6.07, 6.45) is 0. The number of hydrogen-bond donors (Lipinski definition) is 0. The van der Waals surface area contributed by atoms with Gasteiger partial charge in [0.15, 0.2) is 0 Å². The summed E-state index contributed by atoms with van der Waals surface area (Å²) < 4.78 is 5.50. The molecule has 2 aromatic rings. The van der Waals surface area contributed by atoms with Crippen molar-refractivity contribution >= 4 is 17.3 Å². The summed E-state index contributed by atoms with van der Waals surface area (Å²) in [5, 5.41) is 20.3. The highest BCUT2D eigenvalue weighted by Crippen LogP contribution is 2.33. The molecule has 0 unspecified atom stereocenters. The fourth-order valence-electron chi connectivity index (χ4n) is 1.70. The normalized spacial score (nSPS) is 9.23. The Morgan fingerprint density at radius 2 is 1.91 bits per heavy atom. The molecule has 0 N–H and O–H groups in total. The van der Waals surface area contributed by atoms with Crippen molar-refractivity contribution in [2.24, 2.45) is 0 Å². The van der Waals surface area contributed by atoms with Crippen molar-refractivity contribution in [1.82, 2.24) is 0 Å². The fourth-order valence-corrected chi connectivity index (χ4v) is 1.98. The Hall–Kier alpha value is -2.58. The maximum absolute atomic E-state index is 11.0. The molecule has 0 aliphatic carbocycles. The van der Waals surface area contributed by atoms with Crippen molar-refractivity contribution in [3.63, 3.8) is 0 Å². The van der Waals surface area contributed by atoms with Gasteiger partial charge in [-0.3, -0.25) is 10.1 Å². The molecular weight excluding hydrogens is 304 g/mol. The summed E-state index contributed by atoms with van der Waals surface area (Å²) in [5.41, 5.74) is 0.816. The van der Waals surface area contributed by atoms with Gasteiger partial charge in [-0.25, -0.2) is 0 Å². The number of hydrogen-bond acceptors (Lipinski definition) is 4. The zero-order valence-corrected chi connectivity index (χ0v) is 13.2. The van der Waals surface area contributed by atoms with E-state index in [-0.39, 0.29) is 17.0 Å². The highest BCUT2D eigenvalue weighted by atomic mass is 35.5. The van der Waals surface area contributed by atoms with Crippen LogP contribution >= 0.6 is 11.6 Å². The Morgan fingerprint density at radius 3 is 2.45 bits per heavy atom. The van der Waals surface area contributed by atoms with Crippen LogP contribution in [0.4, 0.5) is 5.69 Å². The van der Waals surface area contributed by atoms with Crippen molar-refractivity contribution in [2.75, 3.05) is 0 Å². The van der Waals surface area contributed by atoms with E-state index in [1.54, 1.807) is 18.2 Å². The van der Waals surface area contributed by atoms with Crippen LogP contribution in [-0.4, -0.2) is 4.92 Å². The Bertz CT molecular complexity index is 704.